The summed E-state index contributed by atoms with van der Waals surface area (Å²) in [6.07, 6.45) is 6.22. The molecule has 1 aliphatic carbocycles. The summed E-state index contributed by atoms with van der Waals surface area (Å²) in [5.74, 6) is 0.753. The van der Waals surface area contributed by atoms with Crippen LogP contribution in [-0.2, 0) is 4.74 Å². The van der Waals surface area contributed by atoms with E-state index >= 15 is 0 Å². The molecule has 1 N–H and O–H groups in total. The Morgan fingerprint density at radius 1 is 1.19 bits per heavy atom. The van der Waals surface area contributed by atoms with Gasteiger partial charge in [-0.15, -0.1) is 0 Å². The molecule has 2 aromatic rings. The lowest BCUT2D eigenvalue weighted by atomic mass is 10.1. The molecule has 2 heterocycles. The minimum atomic E-state index is 0.510. The van der Waals surface area contributed by atoms with Crippen LogP contribution in [0, 0.1) is 11.7 Å². The number of aromatic nitrogens is 3. The molecule has 0 radical (unpaired) electrons. The first-order valence-electron chi connectivity index (χ1n) is 9.22. The summed E-state index contributed by atoms with van der Waals surface area (Å²) >= 11 is 5.25. The molecule has 1 saturated heterocycles. The van der Waals surface area contributed by atoms with Crippen molar-refractivity contribution in [2.75, 3.05) is 26.3 Å². The van der Waals surface area contributed by atoms with Gasteiger partial charge in [-0.3, -0.25) is 5.10 Å². The highest BCUT2D eigenvalue weighted by Gasteiger charge is 2.25. The molecule has 1 aromatic heterocycles. The summed E-state index contributed by atoms with van der Waals surface area (Å²) in [5, 5.41) is 11.5. The number of nitrogens with one attached hydrogen (secondary N) is 1. The third-order valence-electron chi connectivity index (χ3n) is 4.88. The third-order valence-corrected chi connectivity index (χ3v) is 5.15. The third kappa shape index (κ3) is 3.94. The van der Waals surface area contributed by atoms with Gasteiger partial charge in [-0.2, -0.15) is 14.9 Å². The minimum absolute atomic E-state index is 0.510. The van der Waals surface area contributed by atoms with Crippen LogP contribution in [0.3, 0.4) is 0 Å². The minimum Gasteiger partial charge on any atom is -0.378 e. The van der Waals surface area contributed by atoms with Crippen molar-refractivity contribution in [1.29, 1.82) is 0 Å². The zero-order chi connectivity index (χ0) is 18.6. The number of hydrogen-bond acceptors (Lipinski definition) is 5. The number of aromatic amines is 1. The van der Waals surface area contributed by atoms with Crippen molar-refractivity contribution in [3.8, 4) is 0 Å². The van der Waals surface area contributed by atoms with E-state index in [1.165, 1.54) is 22.4 Å². The topological polar surface area (TPSA) is 58.4 Å². The molecule has 1 aromatic carbocycles. The van der Waals surface area contributed by atoms with Gasteiger partial charge >= 0.3 is 0 Å². The quantitative estimate of drug-likeness (QED) is 0.650. The van der Waals surface area contributed by atoms with Crippen molar-refractivity contribution in [2.24, 2.45) is 5.10 Å². The molecule has 0 unspecified atom stereocenters. The lowest BCUT2D eigenvalue weighted by Crippen LogP contribution is -2.36. The van der Waals surface area contributed by atoms with Gasteiger partial charge in [0.1, 0.15) is 5.82 Å². The average molecular weight is 382 g/mol. The van der Waals surface area contributed by atoms with E-state index in [1.807, 2.05) is 19.2 Å². The molecule has 2 aliphatic rings. The van der Waals surface area contributed by atoms with Crippen molar-refractivity contribution in [1.82, 2.24) is 19.8 Å². The molecule has 6 nitrogen and oxygen atoms in total. The second kappa shape index (κ2) is 8.02. The largest absolute Gasteiger partial charge is 0.378 e. The van der Waals surface area contributed by atoms with Crippen LogP contribution in [0.1, 0.15) is 24.2 Å². The fourth-order valence-corrected chi connectivity index (χ4v) is 3.78. The molecule has 140 valence electrons. The van der Waals surface area contributed by atoms with Crippen molar-refractivity contribution in [3.63, 3.8) is 0 Å². The zero-order valence-electron chi connectivity index (χ0n) is 15.4. The Bertz CT molecular complexity index is 948. The van der Waals surface area contributed by atoms with Gasteiger partial charge < -0.3 is 9.64 Å². The highest BCUT2D eigenvalue weighted by Crippen LogP contribution is 2.35. The first kappa shape index (κ1) is 17.9. The van der Waals surface area contributed by atoms with E-state index in [-0.39, 0.29) is 0 Å². The maximum Gasteiger partial charge on any atom is 0.216 e. The summed E-state index contributed by atoms with van der Waals surface area (Å²) in [7, 11) is 0. The fraction of sp³-hybridized carbons (Fsp3) is 0.350. The number of rotatable bonds is 4. The van der Waals surface area contributed by atoms with Crippen LogP contribution in [0.2, 0.25) is 0 Å². The van der Waals surface area contributed by atoms with Crippen LogP contribution in [0.5, 0.6) is 0 Å². The molecule has 1 aliphatic heterocycles. The summed E-state index contributed by atoms with van der Waals surface area (Å²) in [6, 6.07) is 10.5. The van der Waals surface area contributed by atoms with Gasteiger partial charge in [-0.1, -0.05) is 30.3 Å². The maximum absolute atomic E-state index is 5.55. The SMILES string of the molecule is Cc1n[nH]c(=S)n1/N=C\C1=C(N2CCOCC2)C(=Cc2ccccc2)CC1. The Labute approximate surface area is 163 Å². The number of ether oxygens (including phenoxy) is 1. The Hall–Kier alpha value is -2.51. The van der Waals surface area contributed by atoms with E-state index in [0.717, 1.165) is 45.0 Å². The Balaban J connectivity index is 1.71. The van der Waals surface area contributed by atoms with Crippen molar-refractivity contribution in [3.05, 3.63) is 63.3 Å². The van der Waals surface area contributed by atoms with Crippen molar-refractivity contribution < 1.29 is 4.74 Å². The number of H-pyrrole nitrogens is 1. The highest BCUT2D eigenvalue weighted by molar-refractivity contribution is 7.71. The first-order valence-corrected chi connectivity index (χ1v) is 9.63. The number of allylic oxidation sites excluding steroid dienone is 2. The van der Waals surface area contributed by atoms with Gasteiger partial charge in [0.15, 0.2) is 0 Å². The number of aryl methyl sites for hydroxylation is 1. The van der Waals surface area contributed by atoms with E-state index in [2.05, 4.69) is 50.5 Å². The summed E-state index contributed by atoms with van der Waals surface area (Å²) < 4.78 is 7.73. The van der Waals surface area contributed by atoms with E-state index in [0.29, 0.717) is 4.77 Å². The fourth-order valence-electron chi connectivity index (χ4n) is 3.56. The number of benzene rings is 1. The lowest BCUT2D eigenvalue weighted by molar-refractivity contribution is 0.0548. The maximum atomic E-state index is 5.55. The van der Waals surface area contributed by atoms with Gasteiger partial charge in [0, 0.05) is 18.8 Å². The molecule has 27 heavy (non-hydrogen) atoms. The summed E-state index contributed by atoms with van der Waals surface area (Å²) in [6.45, 7) is 5.22. The Morgan fingerprint density at radius 3 is 2.67 bits per heavy atom. The van der Waals surface area contributed by atoms with E-state index in [1.54, 1.807) is 4.68 Å². The summed E-state index contributed by atoms with van der Waals surface area (Å²) in [5.41, 5.74) is 5.11. The lowest BCUT2D eigenvalue weighted by Gasteiger charge is -2.31. The predicted octanol–water partition coefficient (Wildman–Crippen LogP) is 3.55. The van der Waals surface area contributed by atoms with Gasteiger partial charge in [0.25, 0.3) is 0 Å². The first-order chi connectivity index (χ1) is 13.2. The van der Waals surface area contributed by atoms with E-state index in [4.69, 9.17) is 17.0 Å². The van der Waals surface area contributed by atoms with Crippen LogP contribution < -0.4 is 0 Å². The van der Waals surface area contributed by atoms with Crippen LogP contribution in [0.15, 0.2) is 52.3 Å². The molecule has 0 amide bonds. The molecular weight excluding hydrogens is 358 g/mol. The van der Waals surface area contributed by atoms with E-state index < -0.39 is 0 Å². The predicted molar refractivity (Wildman–Crippen MR) is 109 cm³/mol. The molecular formula is C20H23N5OS. The molecule has 0 saturated carbocycles. The zero-order valence-corrected chi connectivity index (χ0v) is 16.2. The van der Waals surface area contributed by atoms with Crippen LogP contribution >= 0.6 is 12.2 Å². The molecule has 0 spiro atoms. The van der Waals surface area contributed by atoms with Crippen LogP contribution in [0.25, 0.3) is 6.08 Å². The molecule has 4 rings (SSSR count). The van der Waals surface area contributed by atoms with Gasteiger partial charge in [-0.05, 0) is 54.8 Å². The highest BCUT2D eigenvalue weighted by atomic mass is 32.1. The van der Waals surface area contributed by atoms with Crippen molar-refractivity contribution >= 4 is 24.5 Å². The smallest absolute Gasteiger partial charge is 0.216 e. The van der Waals surface area contributed by atoms with Gasteiger partial charge in [-0.25, -0.2) is 0 Å². The van der Waals surface area contributed by atoms with Gasteiger partial charge in [0.2, 0.25) is 4.77 Å². The average Bonchev–Trinajstić information content (AvgIpc) is 3.24. The molecule has 1 fully saturated rings. The Morgan fingerprint density at radius 2 is 1.96 bits per heavy atom. The molecule has 0 bridgehead atoms. The Kier molecular flexibility index (Phi) is 5.31. The summed E-state index contributed by atoms with van der Waals surface area (Å²) in [4.78, 5) is 2.42. The monoisotopic (exact) mass is 381 g/mol. The standard InChI is InChI=1S/C20H23N5OS/c1-15-22-23-20(27)25(15)21-14-18-8-7-17(13-16-5-3-2-4-6-16)19(18)24-9-11-26-12-10-24/h2-6,13-14H,7-12H2,1H3,(H,23,27)/b17-13?,21-14-. The van der Waals surface area contributed by atoms with Crippen LogP contribution in [0.4, 0.5) is 0 Å². The van der Waals surface area contributed by atoms with Crippen molar-refractivity contribution in [2.45, 2.75) is 19.8 Å². The second-order valence-electron chi connectivity index (χ2n) is 6.69. The number of morpholine rings is 1. The van der Waals surface area contributed by atoms with Gasteiger partial charge in [0.05, 0.1) is 19.4 Å². The molecule has 7 heteroatoms. The van der Waals surface area contributed by atoms with E-state index in [9.17, 15) is 0 Å². The number of nitrogens with zero attached hydrogens (tertiary/aromatic N) is 4. The number of hydrogen-bond donors (Lipinski definition) is 1. The molecule has 0 atom stereocenters. The van der Waals surface area contributed by atoms with Crippen LogP contribution in [-0.4, -0.2) is 52.3 Å². The second-order valence-corrected chi connectivity index (χ2v) is 7.07. The normalized spacial score (nSPS) is 19.6.